The number of hydrogen-bond donors (Lipinski definition) is 6. The van der Waals surface area contributed by atoms with E-state index in [9.17, 15) is 24.0 Å². The van der Waals surface area contributed by atoms with Crippen LogP contribution in [0.2, 0.25) is 0 Å². The number of nitrogens with two attached hydrogens (primary N) is 1. The van der Waals surface area contributed by atoms with Gasteiger partial charge in [-0.2, -0.15) is 0 Å². The average molecular weight is 1210 g/mol. The number of likely N-dealkylation sites (tertiary alicyclic amines) is 1. The lowest BCUT2D eigenvalue weighted by Gasteiger charge is -2.43. The Morgan fingerprint density at radius 1 is 0.918 bits per heavy atom. The molecule has 4 amide bonds. The molecule has 2 aliphatic heterocycles. The van der Waals surface area contributed by atoms with Gasteiger partial charge in [-0.1, -0.05) is 77.1 Å². The number of carboxylic acid groups (broad SMARTS) is 1. The van der Waals surface area contributed by atoms with E-state index in [-0.39, 0.29) is 95.4 Å². The smallest absolute Gasteiger partial charge is 0.328 e. The van der Waals surface area contributed by atoms with E-state index >= 15 is 13.2 Å². The zero-order valence-corrected chi connectivity index (χ0v) is 50.7. The number of nitrogens with zero attached hydrogens (tertiary/aromatic N) is 3. The number of fused-ring (bicyclic) bond motifs is 3. The van der Waals surface area contributed by atoms with E-state index < -0.39 is 95.2 Å². The Kier molecular flexibility index (Phi) is 24.0. The number of hydrogen-bond acceptors (Lipinski definition) is 15. The van der Waals surface area contributed by atoms with E-state index in [4.69, 9.17) is 39.3 Å². The van der Waals surface area contributed by atoms with Crippen LogP contribution in [0.25, 0.3) is 21.3 Å². The van der Waals surface area contributed by atoms with Crippen molar-refractivity contribution >= 4 is 58.3 Å². The van der Waals surface area contributed by atoms with Crippen molar-refractivity contribution in [3.63, 3.8) is 0 Å². The third-order valence-electron chi connectivity index (χ3n) is 14.6. The number of aromatic nitrogens is 2. The highest BCUT2D eigenvalue weighted by Crippen LogP contribution is 2.44. The number of rotatable bonds is 26. The summed E-state index contributed by atoms with van der Waals surface area (Å²) in [4.78, 5) is 88.1. The summed E-state index contributed by atoms with van der Waals surface area (Å²) in [6.45, 7) is 16.9. The number of esters is 1. The average Bonchev–Trinajstić information content (AvgIpc) is 1.86. The molecule has 0 saturated carbocycles. The summed E-state index contributed by atoms with van der Waals surface area (Å²) in [5, 5.41) is 16.1. The molecule has 0 spiro atoms. The molecule has 464 valence electrons. The number of halogens is 3. The molecule has 0 aliphatic carbocycles. The molecule has 0 radical (unpaired) electrons. The van der Waals surface area contributed by atoms with Crippen LogP contribution in [0.1, 0.15) is 103 Å². The molecule has 2 aliphatic rings. The third-order valence-corrected chi connectivity index (χ3v) is 15.6. The molecule has 3 aromatic carbocycles. The van der Waals surface area contributed by atoms with Gasteiger partial charge in [0.25, 0.3) is 6.47 Å². The summed E-state index contributed by atoms with van der Waals surface area (Å²) in [6, 6.07) is 12.4. The molecule has 7 N–H and O–H groups in total. The highest BCUT2D eigenvalue weighted by molar-refractivity contribution is 7.13. The number of carbonyl (C=O) groups excluding carboxylic acids is 5. The summed E-state index contributed by atoms with van der Waals surface area (Å²) in [6.07, 6.45) is -0.376. The number of aromatic amines is 1. The fourth-order valence-corrected chi connectivity index (χ4v) is 11.0. The molecule has 5 aromatic rings. The fourth-order valence-electron chi connectivity index (χ4n) is 10.2. The number of carbonyl (C=O) groups is 6. The van der Waals surface area contributed by atoms with E-state index in [1.54, 1.807) is 40.1 Å². The minimum Gasteiger partial charge on any atom is -0.491 e. The summed E-state index contributed by atoms with van der Waals surface area (Å²) >= 11 is 1.53. The van der Waals surface area contributed by atoms with Crippen LogP contribution >= 0.6 is 11.3 Å². The normalized spacial score (nSPS) is 18.2. The number of para-hydroxylation sites is 1. The second-order valence-electron chi connectivity index (χ2n) is 23.3. The Morgan fingerprint density at radius 2 is 1.54 bits per heavy atom. The molecule has 85 heavy (non-hydrogen) atoms. The maximum atomic E-state index is 16.1. The number of ether oxygens (including phenoxy) is 5. The van der Waals surface area contributed by atoms with E-state index in [1.807, 2.05) is 67.3 Å². The Morgan fingerprint density at radius 3 is 2.14 bits per heavy atom. The molecular weight excluding hydrogens is 1130 g/mol. The first-order chi connectivity index (χ1) is 40.2. The number of H-pyrrole nitrogens is 1. The highest BCUT2D eigenvalue weighted by atomic mass is 32.1. The van der Waals surface area contributed by atoms with Crippen LogP contribution in [0, 0.1) is 29.9 Å². The Hall–Kier alpha value is -6.96. The van der Waals surface area contributed by atoms with E-state index in [2.05, 4.69) is 25.9 Å². The molecule has 4 heterocycles. The van der Waals surface area contributed by atoms with Gasteiger partial charge in [0.1, 0.15) is 60.5 Å². The molecule has 2 aromatic heterocycles. The van der Waals surface area contributed by atoms with Gasteiger partial charge in [-0.05, 0) is 75.1 Å². The van der Waals surface area contributed by atoms with Crippen LogP contribution in [0.5, 0.6) is 5.75 Å². The highest BCUT2D eigenvalue weighted by Gasteiger charge is 2.47. The van der Waals surface area contributed by atoms with Crippen molar-refractivity contribution in [3.8, 4) is 16.2 Å². The Labute approximate surface area is 498 Å². The van der Waals surface area contributed by atoms with Gasteiger partial charge in [-0.15, -0.1) is 11.3 Å². The quantitative estimate of drug-likeness (QED) is 0.0186. The number of benzene rings is 3. The van der Waals surface area contributed by atoms with Gasteiger partial charge in [-0.25, -0.2) is 22.9 Å². The zero-order valence-electron chi connectivity index (χ0n) is 49.9. The predicted molar refractivity (Wildman–Crippen MR) is 314 cm³/mol. The van der Waals surface area contributed by atoms with Crippen LogP contribution in [0.15, 0.2) is 66.2 Å². The third kappa shape index (κ3) is 18.3. The second-order valence-corrected chi connectivity index (χ2v) is 24.1. The van der Waals surface area contributed by atoms with Crippen LogP contribution in [0.4, 0.5) is 13.2 Å². The van der Waals surface area contributed by atoms with Gasteiger partial charge in [0.05, 0.1) is 67.7 Å². The van der Waals surface area contributed by atoms with E-state index in [0.717, 1.165) is 50.3 Å². The summed E-state index contributed by atoms with van der Waals surface area (Å²) in [7, 11) is 0. The van der Waals surface area contributed by atoms with Gasteiger partial charge >= 0.3 is 5.97 Å². The lowest BCUT2D eigenvalue weighted by molar-refractivity contribution is -0.153. The summed E-state index contributed by atoms with van der Waals surface area (Å²) in [5.74, 6) is -4.77. The molecule has 1 fully saturated rings. The van der Waals surface area contributed by atoms with Gasteiger partial charge in [-0.3, -0.25) is 28.9 Å². The second kappa shape index (κ2) is 30.4. The van der Waals surface area contributed by atoms with Gasteiger partial charge in [0.15, 0.2) is 0 Å². The van der Waals surface area contributed by atoms with E-state index in [1.165, 1.54) is 37.0 Å². The molecule has 3 unspecified atom stereocenters. The number of thiazole rings is 1. The van der Waals surface area contributed by atoms with Crippen molar-refractivity contribution in [2.24, 2.45) is 17.1 Å². The largest absolute Gasteiger partial charge is 0.491 e. The fraction of sp³-hybridized carbons (Fsp3) is 0.525. The number of nitrogens with one attached hydrogen (secondary N) is 4. The van der Waals surface area contributed by atoms with E-state index in [0.29, 0.717) is 12.1 Å². The van der Waals surface area contributed by atoms with Crippen molar-refractivity contribution in [3.05, 3.63) is 106 Å². The molecule has 1 saturated heterocycles. The standard InChI is InChI=1S/C60H79F3N8O10S.CH2O2/c1-34(2)50(64)56(74)67-37(5)58(76)81-41-28-47(55(73)65-29-38-15-17-39(18-16-38)53-36(4)66-33-82-53)70(30-41)57(75)54(59(6,7)8)69-48(72)31-79-22-21-77-19-20-78-23-24-80-40-26-44(61)49(45(62)27-40)52-51-43(42-13-11-12-14-46(42)68-51)25-35(3)71(52)32-60(9,10)63;2-1-3/h11-18,26-27,33-35,37,41,47,50,52,54,68H,19-25,28-32,64H2,1-10H3,(H,65,73)(H,67,74)(H,69,72);1H,(H,2,3)/t35-,37?,41-,47+,50?,52-,54?;/m1./s1. The molecule has 0 bridgehead atoms. The van der Waals surface area contributed by atoms with Crippen LogP contribution < -0.4 is 26.4 Å². The molecule has 7 atom stereocenters. The molecule has 20 nitrogen and oxygen atoms in total. The first-order valence-corrected chi connectivity index (χ1v) is 29.2. The SMILES string of the molecule is Cc1ncsc1-c1ccc(CNC(=O)[C@@H]2C[C@@H](OC(=O)C(C)NC(=O)C(N)C(C)C)CN2C(=O)C(NC(=O)COCCOCCOCCOc2cc(F)c([C@@H]3c4[nH]c5ccccc5c4C[C@@H](C)N3CC(C)(C)F)c(F)c2)C(C)(C)C)cc1.O=CO. The maximum absolute atomic E-state index is 16.1. The molecular formula is C61H81F3N8O12S. The maximum Gasteiger partial charge on any atom is 0.328 e. The Bertz CT molecular complexity index is 3050. The van der Waals surface area contributed by atoms with Gasteiger partial charge in [0, 0.05) is 59.8 Å². The van der Waals surface area contributed by atoms with Crippen molar-refractivity contribution in [2.75, 3.05) is 59.3 Å². The number of alkyl halides is 1. The lowest BCUT2D eigenvalue weighted by atomic mass is 9.85. The molecule has 7 rings (SSSR count). The monoisotopic (exact) mass is 1210 g/mol. The first kappa shape index (κ1) is 67.2. The van der Waals surface area contributed by atoms with Crippen molar-refractivity contribution in [2.45, 2.75) is 137 Å². The molecule has 24 heteroatoms. The predicted octanol–water partition coefficient (Wildman–Crippen LogP) is 6.94. The number of amides is 4. The van der Waals surface area contributed by atoms with Crippen LogP contribution in [0.3, 0.4) is 0 Å². The van der Waals surface area contributed by atoms with Crippen molar-refractivity contribution in [1.29, 1.82) is 0 Å². The summed E-state index contributed by atoms with van der Waals surface area (Å²) in [5.41, 5.74) is 10.2. The minimum absolute atomic E-state index is 0.0121. The van der Waals surface area contributed by atoms with Gasteiger partial charge in [0.2, 0.25) is 23.6 Å². The number of aryl methyl sites for hydroxylation is 1. The van der Waals surface area contributed by atoms with Crippen molar-refractivity contribution < 1.29 is 70.7 Å². The van der Waals surface area contributed by atoms with Crippen LogP contribution in [-0.4, -0.2) is 162 Å². The first-order valence-electron chi connectivity index (χ1n) is 28.3. The Balaban J connectivity index is 0.00000377. The van der Waals surface area contributed by atoms with Crippen LogP contribution in [-0.2, 0) is 60.7 Å². The topological polar surface area (TPSA) is 266 Å². The lowest BCUT2D eigenvalue weighted by Crippen LogP contribution is -2.58. The van der Waals surface area contributed by atoms with Crippen molar-refractivity contribution in [1.82, 2.24) is 35.7 Å². The van der Waals surface area contributed by atoms with Gasteiger partial charge < -0.3 is 60.4 Å². The minimum atomic E-state index is -1.63. The summed E-state index contributed by atoms with van der Waals surface area (Å²) < 4.78 is 75.6. The zero-order chi connectivity index (χ0) is 62.3.